The molecule has 0 spiro atoms. The van der Waals surface area contributed by atoms with E-state index >= 15 is 0 Å². The van der Waals surface area contributed by atoms with Crippen LogP contribution >= 0.6 is 0 Å². The maximum Gasteiger partial charge on any atom is 0.511 e. The van der Waals surface area contributed by atoms with E-state index in [-0.39, 0.29) is 17.2 Å². The van der Waals surface area contributed by atoms with Crippen molar-refractivity contribution in [3.8, 4) is 28.7 Å². The zero-order chi connectivity index (χ0) is 16.7. The van der Waals surface area contributed by atoms with Gasteiger partial charge in [0.05, 0.1) is 21.3 Å². The molecule has 0 radical (unpaired) electrons. The highest BCUT2D eigenvalue weighted by Gasteiger charge is 2.28. The van der Waals surface area contributed by atoms with Crippen LogP contribution in [0.1, 0.15) is 31.7 Å². The average Bonchev–Trinajstić information content (AvgIpc) is 2.49. The van der Waals surface area contributed by atoms with Gasteiger partial charge in [-0.15, -0.1) is 0 Å². The van der Waals surface area contributed by atoms with Crippen LogP contribution in [-0.4, -0.2) is 37.7 Å². The number of ether oxygens (including phenoxy) is 4. The second-order valence-corrected chi connectivity index (χ2v) is 4.58. The number of rotatable bonds is 8. The van der Waals surface area contributed by atoms with Crippen molar-refractivity contribution < 1.29 is 34.0 Å². The molecule has 7 nitrogen and oxygen atoms in total. The summed E-state index contributed by atoms with van der Waals surface area (Å²) in [5.74, 6) is -0.141. The number of carboxylic acid groups (broad SMARTS) is 1. The van der Waals surface area contributed by atoms with Gasteiger partial charge in [0.15, 0.2) is 11.5 Å². The maximum atomic E-state index is 10.9. The quantitative estimate of drug-likeness (QED) is 0.432. The molecular weight excluding hydrogens is 292 g/mol. The first-order valence-electron chi connectivity index (χ1n) is 6.96. The fraction of sp³-hybridized carbons (Fsp3) is 0.533. The van der Waals surface area contributed by atoms with E-state index < -0.39 is 11.9 Å². The molecule has 1 aromatic carbocycles. The number of aromatic hydroxyl groups is 1. The Hall–Kier alpha value is -2.31. The Kier molecular flexibility index (Phi) is 6.62. The zero-order valence-electron chi connectivity index (χ0n) is 13.3. The van der Waals surface area contributed by atoms with Crippen molar-refractivity contribution in [1.82, 2.24) is 0 Å². The minimum Gasteiger partial charge on any atom is -0.502 e. The van der Waals surface area contributed by atoms with E-state index in [4.69, 9.17) is 24.1 Å². The van der Waals surface area contributed by atoms with Gasteiger partial charge in [-0.2, -0.15) is 0 Å². The van der Waals surface area contributed by atoms with Crippen molar-refractivity contribution in [3.63, 3.8) is 0 Å². The molecule has 7 heteroatoms. The SMILES string of the molecule is CCCCCc1c(OC(=O)O)c(O)c(OC)c(OC)c1OC. The lowest BCUT2D eigenvalue weighted by atomic mass is 10.0. The van der Waals surface area contributed by atoms with Crippen LogP contribution in [0, 0.1) is 0 Å². The molecular formula is C15H22O7. The van der Waals surface area contributed by atoms with E-state index in [9.17, 15) is 9.90 Å². The number of methoxy groups -OCH3 is 3. The fourth-order valence-corrected chi connectivity index (χ4v) is 2.26. The molecule has 0 fully saturated rings. The largest absolute Gasteiger partial charge is 0.511 e. The third kappa shape index (κ3) is 3.66. The molecule has 0 amide bonds. The smallest absolute Gasteiger partial charge is 0.502 e. The standard InChI is InChI=1S/C15H22O7/c1-5-6-7-8-9-11(22-15(17)18)10(16)13(20-3)14(21-4)12(9)19-2/h16H,5-8H2,1-4H3,(H,17,18). The summed E-state index contributed by atoms with van der Waals surface area (Å²) in [5.41, 5.74) is 0.438. The van der Waals surface area contributed by atoms with Crippen LogP contribution in [-0.2, 0) is 6.42 Å². The first-order chi connectivity index (χ1) is 10.5. The van der Waals surface area contributed by atoms with Crippen LogP contribution in [0.15, 0.2) is 0 Å². The Balaban J connectivity index is 3.51. The van der Waals surface area contributed by atoms with Crippen LogP contribution in [0.25, 0.3) is 0 Å². The van der Waals surface area contributed by atoms with Gasteiger partial charge >= 0.3 is 6.16 Å². The summed E-state index contributed by atoms with van der Waals surface area (Å²) in [6, 6.07) is 0. The van der Waals surface area contributed by atoms with Gasteiger partial charge in [-0.25, -0.2) is 4.79 Å². The number of unbranched alkanes of at least 4 members (excludes halogenated alkanes) is 2. The number of carbonyl (C=O) groups is 1. The van der Waals surface area contributed by atoms with Gasteiger partial charge in [0, 0.05) is 5.56 Å². The van der Waals surface area contributed by atoms with Crippen molar-refractivity contribution in [3.05, 3.63) is 5.56 Å². The van der Waals surface area contributed by atoms with E-state index in [2.05, 4.69) is 6.92 Å². The number of phenolic OH excluding ortho intramolecular Hbond substituents is 1. The van der Waals surface area contributed by atoms with Crippen LogP contribution in [0.5, 0.6) is 28.7 Å². The molecule has 2 N–H and O–H groups in total. The van der Waals surface area contributed by atoms with Gasteiger partial charge in [-0.3, -0.25) is 0 Å². The van der Waals surface area contributed by atoms with Crippen LogP contribution in [0.4, 0.5) is 4.79 Å². The summed E-state index contributed by atoms with van der Waals surface area (Å²) in [6.07, 6.45) is 1.69. The molecule has 0 aliphatic carbocycles. The molecule has 0 heterocycles. The lowest BCUT2D eigenvalue weighted by Crippen LogP contribution is -2.09. The van der Waals surface area contributed by atoms with Crippen molar-refractivity contribution in [2.45, 2.75) is 32.6 Å². The summed E-state index contributed by atoms with van der Waals surface area (Å²) in [6.45, 7) is 2.05. The Morgan fingerprint density at radius 1 is 0.955 bits per heavy atom. The maximum absolute atomic E-state index is 10.9. The number of hydrogen-bond donors (Lipinski definition) is 2. The predicted molar refractivity (Wildman–Crippen MR) is 79.6 cm³/mol. The molecule has 0 saturated carbocycles. The molecule has 124 valence electrons. The van der Waals surface area contributed by atoms with E-state index in [1.807, 2.05) is 0 Å². The van der Waals surface area contributed by atoms with E-state index in [0.29, 0.717) is 17.7 Å². The number of phenols is 1. The van der Waals surface area contributed by atoms with E-state index in [0.717, 1.165) is 19.3 Å². The summed E-state index contributed by atoms with van der Waals surface area (Å²) in [5, 5.41) is 19.2. The molecule has 0 unspecified atom stereocenters. The van der Waals surface area contributed by atoms with E-state index in [1.54, 1.807) is 0 Å². The van der Waals surface area contributed by atoms with Gasteiger partial charge in [-0.05, 0) is 12.8 Å². The Morgan fingerprint density at radius 2 is 1.55 bits per heavy atom. The predicted octanol–water partition coefficient (Wildman–Crippen LogP) is 3.21. The molecule has 0 aromatic heterocycles. The van der Waals surface area contributed by atoms with E-state index in [1.165, 1.54) is 21.3 Å². The Morgan fingerprint density at radius 3 is 2.00 bits per heavy atom. The first-order valence-corrected chi connectivity index (χ1v) is 6.96. The Labute approximate surface area is 129 Å². The normalized spacial score (nSPS) is 10.2. The number of hydrogen-bond acceptors (Lipinski definition) is 6. The summed E-state index contributed by atoms with van der Waals surface area (Å²) < 4.78 is 20.4. The highest BCUT2D eigenvalue weighted by molar-refractivity contribution is 5.73. The first kappa shape index (κ1) is 17.7. The summed E-state index contributed by atoms with van der Waals surface area (Å²) >= 11 is 0. The minimum atomic E-state index is -1.53. The van der Waals surface area contributed by atoms with Crippen LogP contribution < -0.4 is 18.9 Å². The van der Waals surface area contributed by atoms with Crippen LogP contribution in [0.2, 0.25) is 0 Å². The van der Waals surface area contributed by atoms with Crippen molar-refractivity contribution >= 4 is 6.16 Å². The summed E-state index contributed by atoms with van der Waals surface area (Å²) in [4.78, 5) is 10.9. The molecule has 1 aromatic rings. The third-order valence-electron chi connectivity index (χ3n) is 3.22. The summed E-state index contributed by atoms with van der Waals surface area (Å²) in [7, 11) is 4.17. The lowest BCUT2D eigenvalue weighted by Gasteiger charge is -2.20. The minimum absolute atomic E-state index is 0.0326. The van der Waals surface area contributed by atoms with Crippen LogP contribution in [0.3, 0.4) is 0 Å². The molecule has 1 rings (SSSR count). The van der Waals surface area contributed by atoms with Gasteiger partial charge < -0.3 is 29.2 Å². The molecule has 22 heavy (non-hydrogen) atoms. The van der Waals surface area contributed by atoms with Crippen molar-refractivity contribution in [2.75, 3.05) is 21.3 Å². The van der Waals surface area contributed by atoms with Gasteiger partial charge in [-0.1, -0.05) is 19.8 Å². The van der Waals surface area contributed by atoms with Gasteiger partial charge in [0.2, 0.25) is 17.2 Å². The zero-order valence-corrected chi connectivity index (χ0v) is 13.3. The second kappa shape index (κ2) is 8.21. The van der Waals surface area contributed by atoms with Gasteiger partial charge in [0.25, 0.3) is 0 Å². The molecule has 0 saturated heterocycles. The second-order valence-electron chi connectivity index (χ2n) is 4.58. The highest BCUT2D eigenvalue weighted by atomic mass is 16.7. The lowest BCUT2D eigenvalue weighted by molar-refractivity contribution is 0.141. The molecule has 0 aliphatic rings. The topological polar surface area (TPSA) is 94.5 Å². The third-order valence-corrected chi connectivity index (χ3v) is 3.22. The van der Waals surface area contributed by atoms with Gasteiger partial charge in [0.1, 0.15) is 0 Å². The highest BCUT2D eigenvalue weighted by Crippen LogP contribution is 2.53. The molecule has 0 aliphatic heterocycles. The monoisotopic (exact) mass is 314 g/mol. The van der Waals surface area contributed by atoms with Crippen molar-refractivity contribution in [2.24, 2.45) is 0 Å². The Bertz CT molecular complexity index is 525. The van der Waals surface area contributed by atoms with Crippen molar-refractivity contribution in [1.29, 1.82) is 0 Å². The number of benzene rings is 1. The molecule has 0 atom stereocenters. The fourth-order valence-electron chi connectivity index (χ4n) is 2.26. The average molecular weight is 314 g/mol. The molecule has 0 bridgehead atoms.